The van der Waals surface area contributed by atoms with Crippen LogP contribution in [0.1, 0.15) is 36.9 Å². The fourth-order valence-corrected chi connectivity index (χ4v) is 2.31. The third-order valence-electron chi connectivity index (χ3n) is 3.48. The van der Waals surface area contributed by atoms with Crippen molar-refractivity contribution in [2.45, 2.75) is 37.6 Å². The van der Waals surface area contributed by atoms with Gasteiger partial charge in [0.25, 0.3) is 0 Å². The van der Waals surface area contributed by atoms with Gasteiger partial charge in [0, 0.05) is 6.61 Å². The monoisotopic (exact) mass is 259 g/mol. The second kappa shape index (κ2) is 4.55. The summed E-state index contributed by atoms with van der Waals surface area (Å²) in [5, 5.41) is 0. The van der Waals surface area contributed by atoms with Crippen LogP contribution in [-0.4, -0.2) is 12.2 Å². The lowest BCUT2D eigenvalue weighted by molar-refractivity contribution is -0.137. The Kier molecular flexibility index (Phi) is 3.38. The van der Waals surface area contributed by atoms with Gasteiger partial charge in [-0.1, -0.05) is 12.1 Å². The maximum absolute atomic E-state index is 12.6. The van der Waals surface area contributed by atoms with Crippen LogP contribution < -0.4 is 5.73 Å². The Morgan fingerprint density at radius 2 is 2.11 bits per heavy atom. The molecule has 0 aromatic heterocycles. The SMILES string of the molecule is CC1(C(N)c2cccc(C(F)(F)F)c2)CCCO1. The minimum absolute atomic E-state index is 0.467. The zero-order valence-electron chi connectivity index (χ0n) is 10.1. The molecule has 2 unspecified atom stereocenters. The number of hydrogen-bond acceptors (Lipinski definition) is 2. The molecule has 0 spiro atoms. The first-order valence-electron chi connectivity index (χ1n) is 5.90. The summed E-state index contributed by atoms with van der Waals surface area (Å²) in [5.74, 6) is 0. The normalized spacial score (nSPS) is 26.3. The molecule has 1 aliphatic rings. The number of benzene rings is 1. The first kappa shape index (κ1) is 13.4. The molecule has 2 nitrogen and oxygen atoms in total. The van der Waals surface area contributed by atoms with Gasteiger partial charge in [-0.15, -0.1) is 0 Å². The molecule has 100 valence electrons. The van der Waals surface area contributed by atoms with Gasteiger partial charge in [0.05, 0.1) is 17.2 Å². The maximum Gasteiger partial charge on any atom is 0.416 e. The number of alkyl halides is 3. The Hall–Kier alpha value is -1.07. The molecule has 0 aliphatic carbocycles. The summed E-state index contributed by atoms with van der Waals surface area (Å²) in [4.78, 5) is 0. The van der Waals surface area contributed by atoms with E-state index in [1.165, 1.54) is 6.07 Å². The highest BCUT2D eigenvalue weighted by molar-refractivity contribution is 5.29. The fraction of sp³-hybridized carbons (Fsp3) is 0.538. The van der Waals surface area contributed by atoms with E-state index in [-0.39, 0.29) is 0 Å². The first-order valence-corrected chi connectivity index (χ1v) is 5.90. The van der Waals surface area contributed by atoms with Gasteiger partial charge >= 0.3 is 6.18 Å². The van der Waals surface area contributed by atoms with Crippen molar-refractivity contribution in [3.63, 3.8) is 0 Å². The van der Waals surface area contributed by atoms with Gasteiger partial charge in [-0.2, -0.15) is 13.2 Å². The summed E-state index contributed by atoms with van der Waals surface area (Å²) in [6, 6.07) is 4.62. The van der Waals surface area contributed by atoms with Crippen LogP contribution in [0.3, 0.4) is 0 Å². The number of ether oxygens (including phenoxy) is 1. The van der Waals surface area contributed by atoms with E-state index in [0.717, 1.165) is 25.0 Å². The molecule has 0 radical (unpaired) electrons. The van der Waals surface area contributed by atoms with Crippen LogP contribution in [-0.2, 0) is 10.9 Å². The van der Waals surface area contributed by atoms with E-state index in [9.17, 15) is 13.2 Å². The van der Waals surface area contributed by atoms with Gasteiger partial charge < -0.3 is 10.5 Å². The quantitative estimate of drug-likeness (QED) is 0.884. The topological polar surface area (TPSA) is 35.2 Å². The average Bonchev–Trinajstić information content (AvgIpc) is 2.75. The Balaban J connectivity index is 2.28. The molecular weight excluding hydrogens is 243 g/mol. The van der Waals surface area contributed by atoms with Crippen molar-refractivity contribution < 1.29 is 17.9 Å². The molecule has 1 heterocycles. The Bertz CT molecular complexity index is 424. The highest BCUT2D eigenvalue weighted by atomic mass is 19.4. The van der Waals surface area contributed by atoms with Crippen LogP contribution in [0.25, 0.3) is 0 Å². The highest BCUT2D eigenvalue weighted by Gasteiger charge is 2.38. The van der Waals surface area contributed by atoms with E-state index in [1.807, 2.05) is 6.92 Å². The molecule has 2 atom stereocenters. The van der Waals surface area contributed by atoms with E-state index in [2.05, 4.69) is 0 Å². The van der Waals surface area contributed by atoms with Crippen molar-refractivity contribution in [2.24, 2.45) is 5.73 Å². The van der Waals surface area contributed by atoms with E-state index < -0.39 is 23.4 Å². The number of nitrogens with two attached hydrogens (primary N) is 1. The molecule has 1 aliphatic heterocycles. The van der Waals surface area contributed by atoms with Crippen molar-refractivity contribution in [1.29, 1.82) is 0 Å². The van der Waals surface area contributed by atoms with Crippen LogP contribution in [0.15, 0.2) is 24.3 Å². The van der Waals surface area contributed by atoms with Crippen molar-refractivity contribution >= 4 is 0 Å². The van der Waals surface area contributed by atoms with Crippen LogP contribution in [0, 0.1) is 0 Å². The maximum atomic E-state index is 12.6. The second-order valence-corrected chi connectivity index (χ2v) is 4.87. The van der Waals surface area contributed by atoms with Gasteiger partial charge in [0.15, 0.2) is 0 Å². The van der Waals surface area contributed by atoms with E-state index >= 15 is 0 Å². The summed E-state index contributed by atoms with van der Waals surface area (Å²) >= 11 is 0. The average molecular weight is 259 g/mol. The van der Waals surface area contributed by atoms with Gasteiger partial charge in [-0.3, -0.25) is 0 Å². The van der Waals surface area contributed by atoms with Crippen LogP contribution in [0.4, 0.5) is 13.2 Å². The van der Waals surface area contributed by atoms with Crippen molar-refractivity contribution in [3.8, 4) is 0 Å². The number of halogens is 3. The molecule has 1 fully saturated rings. The zero-order valence-corrected chi connectivity index (χ0v) is 10.1. The van der Waals surface area contributed by atoms with Crippen LogP contribution >= 0.6 is 0 Å². The van der Waals surface area contributed by atoms with Crippen molar-refractivity contribution in [3.05, 3.63) is 35.4 Å². The van der Waals surface area contributed by atoms with Gasteiger partial charge in [0.2, 0.25) is 0 Å². The highest BCUT2D eigenvalue weighted by Crippen LogP contribution is 2.37. The molecule has 0 saturated carbocycles. The van der Waals surface area contributed by atoms with Crippen LogP contribution in [0.2, 0.25) is 0 Å². The molecule has 0 amide bonds. The second-order valence-electron chi connectivity index (χ2n) is 4.87. The summed E-state index contributed by atoms with van der Waals surface area (Å²) < 4.78 is 43.5. The lowest BCUT2D eigenvalue weighted by Crippen LogP contribution is -2.37. The third-order valence-corrected chi connectivity index (χ3v) is 3.48. The molecule has 18 heavy (non-hydrogen) atoms. The molecular formula is C13H16F3NO. The molecule has 1 saturated heterocycles. The predicted molar refractivity (Wildman–Crippen MR) is 62.0 cm³/mol. The molecule has 0 bridgehead atoms. The lowest BCUT2D eigenvalue weighted by atomic mass is 9.88. The summed E-state index contributed by atoms with van der Waals surface area (Å²) in [7, 11) is 0. The Morgan fingerprint density at radius 3 is 2.67 bits per heavy atom. The van der Waals surface area contributed by atoms with E-state index in [1.54, 1.807) is 6.07 Å². The molecule has 1 aromatic rings. The Labute approximate surface area is 104 Å². The molecule has 1 aromatic carbocycles. The third kappa shape index (κ3) is 2.52. The Morgan fingerprint density at radius 1 is 1.39 bits per heavy atom. The minimum Gasteiger partial charge on any atom is -0.373 e. The summed E-state index contributed by atoms with van der Waals surface area (Å²) in [6.45, 7) is 2.47. The van der Waals surface area contributed by atoms with Crippen molar-refractivity contribution in [1.82, 2.24) is 0 Å². The van der Waals surface area contributed by atoms with Gasteiger partial charge in [-0.05, 0) is 37.5 Å². The first-order chi connectivity index (χ1) is 8.33. The number of hydrogen-bond donors (Lipinski definition) is 1. The molecule has 2 rings (SSSR count). The summed E-state index contributed by atoms with van der Waals surface area (Å²) in [5.41, 5.74) is 5.29. The van der Waals surface area contributed by atoms with E-state index in [4.69, 9.17) is 10.5 Å². The zero-order chi connectivity index (χ0) is 13.4. The molecule has 5 heteroatoms. The van der Waals surface area contributed by atoms with Crippen LogP contribution in [0.5, 0.6) is 0 Å². The predicted octanol–water partition coefficient (Wildman–Crippen LogP) is 3.27. The standard InChI is InChI=1S/C13H16F3NO/c1-12(6-3-7-18-12)11(17)9-4-2-5-10(8-9)13(14,15)16/h2,4-5,8,11H,3,6-7,17H2,1H3. The number of rotatable bonds is 2. The molecule has 2 N–H and O–H groups in total. The van der Waals surface area contributed by atoms with E-state index in [0.29, 0.717) is 12.2 Å². The van der Waals surface area contributed by atoms with Gasteiger partial charge in [-0.25, -0.2) is 0 Å². The van der Waals surface area contributed by atoms with Gasteiger partial charge in [0.1, 0.15) is 0 Å². The van der Waals surface area contributed by atoms with Crippen molar-refractivity contribution in [2.75, 3.05) is 6.61 Å². The minimum atomic E-state index is -4.34. The fourth-order valence-electron chi connectivity index (χ4n) is 2.31. The lowest BCUT2D eigenvalue weighted by Gasteiger charge is -2.31. The summed E-state index contributed by atoms with van der Waals surface area (Å²) in [6.07, 6.45) is -2.68. The largest absolute Gasteiger partial charge is 0.416 e. The smallest absolute Gasteiger partial charge is 0.373 e.